The Kier molecular flexibility index (Phi) is 2.60. The van der Waals surface area contributed by atoms with Gasteiger partial charge in [-0.25, -0.2) is 0 Å². The first-order valence-corrected chi connectivity index (χ1v) is 7.35. The molecule has 0 aliphatic carbocycles. The van der Waals surface area contributed by atoms with Gasteiger partial charge in [0, 0.05) is 36.8 Å². The third-order valence-electron chi connectivity index (χ3n) is 4.83. The zero-order chi connectivity index (χ0) is 13.7. The second-order valence-electron chi connectivity index (χ2n) is 6.03. The van der Waals surface area contributed by atoms with Crippen LogP contribution in [0.4, 0.5) is 0 Å². The van der Waals surface area contributed by atoms with Gasteiger partial charge in [-0.05, 0) is 31.4 Å². The van der Waals surface area contributed by atoms with Crippen molar-refractivity contribution >= 4 is 16.8 Å². The molecule has 0 saturated carbocycles. The van der Waals surface area contributed by atoms with E-state index in [2.05, 4.69) is 22.1 Å². The molecule has 0 radical (unpaired) electrons. The number of nitrogens with zero attached hydrogens (tertiary/aromatic N) is 1. The number of nitrogens with one attached hydrogen (secondary N) is 2. The summed E-state index contributed by atoms with van der Waals surface area (Å²) in [6, 6.07) is 8.65. The Morgan fingerprint density at radius 3 is 3.10 bits per heavy atom. The summed E-state index contributed by atoms with van der Waals surface area (Å²) < 4.78 is 0. The number of rotatable bonds is 1. The van der Waals surface area contributed by atoms with E-state index in [1.807, 2.05) is 30.5 Å². The van der Waals surface area contributed by atoms with Crippen LogP contribution in [0.2, 0.25) is 0 Å². The van der Waals surface area contributed by atoms with Gasteiger partial charge in [-0.1, -0.05) is 12.1 Å². The largest absolute Gasteiger partial charge is 0.361 e. The van der Waals surface area contributed by atoms with Gasteiger partial charge in [0.05, 0.1) is 11.1 Å². The van der Waals surface area contributed by atoms with E-state index < -0.39 is 0 Å². The first kappa shape index (κ1) is 12.0. The molecule has 3 heterocycles. The van der Waals surface area contributed by atoms with Crippen molar-refractivity contribution in [3.05, 3.63) is 36.0 Å². The summed E-state index contributed by atoms with van der Waals surface area (Å²) in [4.78, 5) is 18.3. The fourth-order valence-electron chi connectivity index (χ4n) is 3.92. The minimum absolute atomic E-state index is 0.168. The molecule has 1 amide bonds. The van der Waals surface area contributed by atoms with Gasteiger partial charge in [0.15, 0.2) is 0 Å². The van der Waals surface area contributed by atoms with E-state index in [9.17, 15) is 4.79 Å². The van der Waals surface area contributed by atoms with Crippen molar-refractivity contribution in [1.29, 1.82) is 0 Å². The number of carbonyl (C=O) groups excluding carboxylic acids is 1. The lowest BCUT2D eigenvalue weighted by Crippen LogP contribution is -2.42. The predicted octanol–water partition coefficient (Wildman–Crippen LogP) is 1.99. The molecule has 4 nitrogen and oxygen atoms in total. The van der Waals surface area contributed by atoms with E-state index in [4.69, 9.17) is 0 Å². The average molecular weight is 269 g/mol. The quantitative estimate of drug-likeness (QED) is 0.831. The Balaban J connectivity index is 1.75. The summed E-state index contributed by atoms with van der Waals surface area (Å²) in [5.41, 5.74) is 1.76. The van der Waals surface area contributed by atoms with Gasteiger partial charge >= 0.3 is 0 Å². The number of likely N-dealkylation sites (tertiary alicyclic amines) is 1. The summed E-state index contributed by atoms with van der Waals surface area (Å²) in [6.45, 7) is 4.15. The number of H-pyrrole nitrogens is 1. The molecule has 2 aliphatic heterocycles. The van der Waals surface area contributed by atoms with Crippen LogP contribution >= 0.6 is 0 Å². The Morgan fingerprint density at radius 2 is 2.20 bits per heavy atom. The van der Waals surface area contributed by atoms with Crippen LogP contribution < -0.4 is 5.32 Å². The smallest absolute Gasteiger partial charge is 0.256 e. The summed E-state index contributed by atoms with van der Waals surface area (Å²) in [7, 11) is 0. The molecule has 2 fully saturated rings. The van der Waals surface area contributed by atoms with E-state index in [1.165, 1.54) is 0 Å². The van der Waals surface area contributed by atoms with Crippen LogP contribution in [-0.4, -0.2) is 41.0 Å². The Labute approximate surface area is 118 Å². The van der Waals surface area contributed by atoms with Gasteiger partial charge in [-0.3, -0.25) is 4.79 Å². The lowest BCUT2D eigenvalue weighted by atomic mass is 10.0. The molecule has 2 aromatic rings. The van der Waals surface area contributed by atoms with Crippen molar-refractivity contribution in [1.82, 2.24) is 15.2 Å². The number of fused-ring (bicyclic) bond motifs is 2. The fourth-order valence-corrected chi connectivity index (χ4v) is 3.92. The molecule has 2 N–H and O–H groups in total. The van der Waals surface area contributed by atoms with Crippen molar-refractivity contribution in [2.45, 2.75) is 25.4 Å². The van der Waals surface area contributed by atoms with E-state index >= 15 is 0 Å². The van der Waals surface area contributed by atoms with Crippen molar-refractivity contribution in [2.75, 3.05) is 13.1 Å². The maximum Gasteiger partial charge on any atom is 0.256 e. The van der Waals surface area contributed by atoms with Gasteiger partial charge in [0.1, 0.15) is 0 Å². The number of benzene rings is 1. The summed E-state index contributed by atoms with van der Waals surface area (Å²) >= 11 is 0. The molecule has 104 valence electrons. The highest BCUT2D eigenvalue weighted by molar-refractivity contribution is 6.06. The third kappa shape index (κ3) is 1.61. The molecule has 3 unspecified atom stereocenters. The van der Waals surface area contributed by atoms with Gasteiger partial charge in [0.2, 0.25) is 0 Å². The van der Waals surface area contributed by atoms with Crippen LogP contribution in [0.25, 0.3) is 10.9 Å². The van der Waals surface area contributed by atoms with E-state index in [0.717, 1.165) is 36.0 Å². The molecule has 4 heteroatoms. The van der Waals surface area contributed by atoms with Gasteiger partial charge in [-0.2, -0.15) is 0 Å². The molecule has 3 atom stereocenters. The van der Waals surface area contributed by atoms with Crippen LogP contribution in [0.5, 0.6) is 0 Å². The molecule has 2 aliphatic rings. The highest BCUT2D eigenvalue weighted by Crippen LogP contribution is 2.34. The number of hydrogen-bond donors (Lipinski definition) is 2. The van der Waals surface area contributed by atoms with Crippen molar-refractivity contribution < 1.29 is 4.79 Å². The maximum atomic E-state index is 13.0. The number of para-hydroxylation sites is 1. The van der Waals surface area contributed by atoms with Gasteiger partial charge in [0.25, 0.3) is 5.91 Å². The van der Waals surface area contributed by atoms with Crippen molar-refractivity contribution in [2.24, 2.45) is 5.92 Å². The van der Waals surface area contributed by atoms with Crippen molar-refractivity contribution in [3.63, 3.8) is 0 Å². The predicted molar refractivity (Wildman–Crippen MR) is 78.7 cm³/mol. The minimum Gasteiger partial charge on any atom is -0.361 e. The molecular formula is C16H19N3O. The van der Waals surface area contributed by atoms with Crippen LogP contribution in [0.1, 0.15) is 23.7 Å². The van der Waals surface area contributed by atoms with Crippen LogP contribution in [0.15, 0.2) is 30.5 Å². The molecule has 2 saturated heterocycles. The topological polar surface area (TPSA) is 48.1 Å². The summed E-state index contributed by atoms with van der Waals surface area (Å²) in [5.74, 6) is 0.790. The minimum atomic E-state index is 0.168. The highest BCUT2D eigenvalue weighted by atomic mass is 16.2. The zero-order valence-electron chi connectivity index (χ0n) is 11.6. The summed E-state index contributed by atoms with van der Waals surface area (Å²) in [6.07, 6.45) is 3.01. The first-order valence-electron chi connectivity index (χ1n) is 7.35. The second-order valence-corrected chi connectivity index (χ2v) is 6.03. The average Bonchev–Trinajstić information content (AvgIpc) is 3.11. The van der Waals surface area contributed by atoms with E-state index in [-0.39, 0.29) is 5.91 Å². The molecule has 20 heavy (non-hydrogen) atoms. The molecule has 0 spiro atoms. The normalized spacial score (nSPS) is 29.1. The number of hydrogen-bond acceptors (Lipinski definition) is 2. The van der Waals surface area contributed by atoms with Crippen LogP contribution in [0, 0.1) is 5.92 Å². The van der Waals surface area contributed by atoms with E-state index in [1.54, 1.807) is 0 Å². The highest BCUT2D eigenvalue weighted by Gasteiger charge is 2.44. The van der Waals surface area contributed by atoms with Crippen LogP contribution in [-0.2, 0) is 0 Å². The molecule has 1 aromatic heterocycles. The van der Waals surface area contributed by atoms with E-state index in [0.29, 0.717) is 18.0 Å². The summed E-state index contributed by atoms with van der Waals surface area (Å²) in [5, 5.41) is 4.51. The monoisotopic (exact) mass is 269 g/mol. The maximum absolute atomic E-state index is 13.0. The third-order valence-corrected chi connectivity index (χ3v) is 4.83. The number of aromatic nitrogens is 1. The number of amides is 1. The molecule has 0 bridgehead atoms. The SMILES string of the molecule is CC1CC2CNCC2N1C(=O)c1cccc2cc[nH]c12. The lowest BCUT2D eigenvalue weighted by molar-refractivity contribution is 0.0684. The van der Waals surface area contributed by atoms with Gasteiger partial charge < -0.3 is 15.2 Å². The lowest BCUT2D eigenvalue weighted by Gasteiger charge is -2.28. The molecule has 1 aromatic carbocycles. The molecule has 4 rings (SSSR count). The second kappa shape index (κ2) is 4.35. The first-order chi connectivity index (χ1) is 9.75. The fraction of sp³-hybridized carbons (Fsp3) is 0.438. The van der Waals surface area contributed by atoms with Crippen molar-refractivity contribution in [3.8, 4) is 0 Å². The van der Waals surface area contributed by atoms with Gasteiger partial charge in [-0.15, -0.1) is 0 Å². The Bertz CT molecular complexity index is 663. The zero-order valence-corrected chi connectivity index (χ0v) is 11.6. The Morgan fingerprint density at radius 1 is 1.30 bits per heavy atom. The standard InChI is InChI=1S/C16H19N3O/c1-10-7-12-8-17-9-14(12)19(10)16(20)13-4-2-3-11-5-6-18-15(11)13/h2-6,10,12,14,17-18H,7-9H2,1H3. The van der Waals surface area contributed by atoms with Crippen LogP contribution in [0.3, 0.4) is 0 Å². The Hall–Kier alpha value is -1.81. The molecular weight excluding hydrogens is 250 g/mol. The number of carbonyl (C=O) groups is 1. The number of aromatic amines is 1.